The van der Waals surface area contributed by atoms with Crippen LogP contribution >= 0.6 is 0 Å². The van der Waals surface area contributed by atoms with Crippen molar-refractivity contribution in [1.29, 1.82) is 0 Å². The van der Waals surface area contributed by atoms with Crippen molar-refractivity contribution < 1.29 is 39.5 Å². The molecule has 0 bridgehead atoms. The molecule has 4 rings (SSSR count). The second-order valence-electron chi connectivity index (χ2n) is 8.71. The Labute approximate surface area is 189 Å². The second-order valence-corrected chi connectivity index (χ2v) is 8.71. The summed E-state index contributed by atoms with van der Waals surface area (Å²) in [7, 11) is 3.06. The number of likely N-dealkylation sites (N-methyl/N-ethyl adjacent to an activating group) is 1. The SMILES string of the molecule is CCN(C)[C@@H]1C(O)=C(C(N)=O)C(=O)[C@@]2(O)C(O)=C3C(=O)c4c(O)ccc(OC)c4C[C@H]3C[C@@H]12. The Hall–Kier alpha value is -3.37. The van der Waals surface area contributed by atoms with Gasteiger partial charge in [-0.3, -0.25) is 19.3 Å². The number of allylic oxidation sites excluding steroid dienone is 1. The highest BCUT2D eigenvalue weighted by Crippen LogP contribution is 2.53. The molecule has 3 aliphatic carbocycles. The maximum atomic E-state index is 13.4. The van der Waals surface area contributed by atoms with Gasteiger partial charge in [-0.1, -0.05) is 6.92 Å². The molecule has 0 aliphatic heterocycles. The van der Waals surface area contributed by atoms with Crippen LogP contribution in [0.1, 0.15) is 29.3 Å². The minimum Gasteiger partial charge on any atom is -0.510 e. The molecule has 0 radical (unpaired) electrons. The van der Waals surface area contributed by atoms with Crippen LogP contribution in [0.2, 0.25) is 0 Å². The molecule has 176 valence electrons. The van der Waals surface area contributed by atoms with E-state index in [1.807, 2.05) is 0 Å². The van der Waals surface area contributed by atoms with Gasteiger partial charge in [0.2, 0.25) is 5.78 Å². The van der Waals surface area contributed by atoms with Crippen LogP contribution in [0.15, 0.2) is 34.8 Å². The van der Waals surface area contributed by atoms with Crippen molar-refractivity contribution >= 4 is 17.5 Å². The Kier molecular flexibility index (Phi) is 5.25. The highest BCUT2D eigenvalue weighted by molar-refractivity contribution is 6.24. The van der Waals surface area contributed by atoms with E-state index < -0.39 is 58.0 Å². The standard InChI is InChI=1S/C23H26N2O8/c1-4-25(2)17-11-8-9-7-10-13(33-3)6-5-12(26)15(10)18(27)14(9)20(29)23(11,32)21(30)16(19(17)28)22(24)31/h5-6,9,11,17,26,28-29,32H,4,7-8H2,1-3H3,(H2,24,31)/t9-,11-,17-,23-/m0/s1. The fourth-order valence-electron chi connectivity index (χ4n) is 5.52. The summed E-state index contributed by atoms with van der Waals surface area (Å²) in [6.07, 6.45) is 0.227. The van der Waals surface area contributed by atoms with Crippen molar-refractivity contribution in [3.05, 3.63) is 45.9 Å². The van der Waals surface area contributed by atoms with E-state index in [1.165, 1.54) is 19.2 Å². The predicted octanol–water partition coefficient (Wildman–Crippen LogP) is 0.519. The molecule has 0 saturated carbocycles. The molecule has 6 N–H and O–H groups in total. The van der Waals surface area contributed by atoms with Gasteiger partial charge in [0.25, 0.3) is 5.91 Å². The molecular weight excluding hydrogens is 432 g/mol. The molecule has 3 aliphatic rings. The number of Topliss-reactive ketones (excluding diaryl/α,β-unsaturated/α-hetero) is 2. The van der Waals surface area contributed by atoms with Crippen molar-refractivity contribution in [2.45, 2.75) is 31.4 Å². The summed E-state index contributed by atoms with van der Waals surface area (Å²) < 4.78 is 5.35. The number of ether oxygens (including phenoxy) is 1. The minimum atomic E-state index is -2.64. The number of amides is 1. The number of methoxy groups -OCH3 is 1. The number of phenols is 1. The smallest absolute Gasteiger partial charge is 0.255 e. The fourth-order valence-corrected chi connectivity index (χ4v) is 5.52. The number of nitrogens with zero attached hydrogens (tertiary/aromatic N) is 1. The van der Waals surface area contributed by atoms with Crippen LogP contribution in [0, 0.1) is 11.8 Å². The molecule has 0 saturated heterocycles. The van der Waals surface area contributed by atoms with Gasteiger partial charge < -0.3 is 30.9 Å². The molecule has 1 aromatic carbocycles. The minimum absolute atomic E-state index is 0.0384. The van der Waals surface area contributed by atoms with Crippen LogP contribution < -0.4 is 10.5 Å². The van der Waals surface area contributed by atoms with Gasteiger partial charge in [0, 0.05) is 17.1 Å². The fraction of sp³-hybridized carbons (Fsp3) is 0.435. The van der Waals surface area contributed by atoms with E-state index in [4.69, 9.17) is 10.5 Å². The molecule has 0 spiro atoms. The van der Waals surface area contributed by atoms with Crippen LogP contribution in [0.5, 0.6) is 11.5 Å². The predicted molar refractivity (Wildman–Crippen MR) is 115 cm³/mol. The molecule has 0 heterocycles. The summed E-state index contributed by atoms with van der Waals surface area (Å²) in [5.41, 5.74) is 2.06. The van der Waals surface area contributed by atoms with Crippen molar-refractivity contribution in [2.24, 2.45) is 17.6 Å². The van der Waals surface area contributed by atoms with E-state index in [1.54, 1.807) is 18.9 Å². The lowest BCUT2D eigenvalue weighted by atomic mass is 9.58. The molecule has 10 nitrogen and oxygen atoms in total. The maximum Gasteiger partial charge on any atom is 0.255 e. The number of carbonyl (C=O) groups is 3. The highest BCUT2D eigenvalue weighted by atomic mass is 16.5. The first-order valence-corrected chi connectivity index (χ1v) is 10.6. The number of carbonyl (C=O) groups excluding carboxylic acids is 3. The van der Waals surface area contributed by atoms with Crippen molar-refractivity contribution in [3.8, 4) is 11.5 Å². The molecule has 0 fully saturated rings. The number of aromatic hydroxyl groups is 1. The van der Waals surface area contributed by atoms with E-state index in [-0.39, 0.29) is 29.7 Å². The summed E-state index contributed by atoms with van der Waals surface area (Å²) in [6.45, 7) is 2.16. The number of phenolic OH excluding ortho intramolecular Hbond substituents is 1. The first kappa shape index (κ1) is 22.8. The zero-order valence-electron chi connectivity index (χ0n) is 18.5. The number of aliphatic hydroxyl groups is 3. The Morgan fingerprint density at radius 3 is 2.52 bits per heavy atom. The number of benzene rings is 1. The number of primary amides is 1. The van der Waals surface area contributed by atoms with E-state index in [2.05, 4.69) is 0 Å². The summed E-state index contributed by atoms with van der Waals surface area (Å²) in [4.78, 5) is 40.3. The number of hydrogen-bond donors (Lipinski definition) is 5. The third kappa shape index (κ3) is 2.90. The van der Waals surface area contributed by atoms with E-state index >= 15 is 0 Å². The summed E-state index contributed by atoms with van der Waals surface area (Å²) in [5.74, 6) is -6.33. The maximum absolute atomic E-state index is 13.4. The quantitative estimate of drug-likeness (QED) is 0.403. The van der Waals surface area contributed by atoms with Crippen LogP contribution in [-0.2, 0) is 16.0 Å². The molecule has 4 atom stereocenters. The van der Waals surface area contributed by atoms with Gasteiger partial charge in [0.05, 0.1) is 18.7 Å². The summed E-state index contributed by atoms with van der Waals surface area (Å²) in [6, 6.07) is 1.81. The molecular formula is C23H26N2O8. The van der Waals surface area contributed by atoms with Crippen LogP contribution in [0.4, 0.5) is 0 Å². The third-order valence-electron chi connectivity index (χ3n) is 7.20. The number of rotatable bonds is 4. The molecule has 1 amide bonds. The average Bonchev–Trinajstić information content (AvgIpc) is 2.76. The van der Waals surface area contributed by atoms with Crippen LogP contribution in [-0.4, -0.2) is 75.1 Å². The molecule has 1 aromatic rings. The largest absolute Gasteiger partial charge is 0.510 e. The monoisotopic (exact) mass is 458 g/mol. The van der Waals surface area contributed by atoms with Gasteiger partial charge in [0.15, 0.2) is 11.4 Å². The van der Waals surface area contributed by atoms with Crippen LogP contribution in [0.3, 0.4) is 0 Å². The van der Waals surface area contributed by atoms with Gasteiger partial charge >= 0.3 is 0 Å². The lowest BCUT2D eigenvalue weighted by Gasteiger charge is -2.50. The van der Waals surface area contributed by atoms with Gasteiger partial charge in [-0.2, -0.15) is 0 Å². The average molecular weight is 458 g/mol. The second kappa shape index (κ2) is 7.60. The van der Waals surface area contributed by atoms with E-state index in [9.17, 15) is 34.8 Å². The molecule has 10 heteroatoms. The number of fused-ring (bicyclic) bond motifs is 3. The topological polar surface area (TPSA) is 171 Å². The first-order valence-electron chi connectivity index (χ1n) is 10.6. The third-order valence-corrected chi connectivity index (χ3v) is 7.20. The van der Waals surface area contributed by atoms with E-state index in [0.717, 1.165) is 0 Å². The number of aliphatic hydroxyl groups excluding tert-OH is 2. The Bertz CT molecular complexity index is 1150. The Morgan fingerprint density at radius 1 is 1.27 bits per heavy atom. The van der Waals surface area contributed by atoms with Gasteiger partial charge in [-0.25, -0.2) is 0 Å². The lowest BCUT2D eigenvalue weighted by Crippen LogP contribution is -2.64. The number of nitrogens with two attached hydrogens (primary N) is 1. The van der Waals surface area contributed by atoms with Crippen molar-refractivity contribution in [3.63, 3.8) is 0 Å². The van der Waals surface area contributed by atoms with Crippen molar-refractivity contribution in [1.82, 2.24) is 4.90 Å². The first-order chi connectivity index (χ1) is 15.5. The van der Waals surface area contributed by atoms with Crippen molar-refractivity contribution in [2.75, 3.05) is 20.7 Å². The van der Waals surface area contributed by atoms with Gasteiger partial charge in [0.1, 0.15) is 28.6 Å². The zero-order valence-corrected chi connectivity index (χ0v) is 18.5. The number of ketones is 2. The Morgan fingerprint density at radius 2 is 1.94 bits per heavy atom. The lowest BCUT2D eigenvalue weighted by molar-refractivity contribution is -0.148. The number of hydrogen-bond acceptors (Lipinski definition) is 9. The normalized spacial score (nSPS) is 29.1. The summed E-state index contributed by atoms with van der Waals surface area (Å²) in [5, 5.41) is 44.0. The zero-order chi connectivity index (χ0) is 24.4. The van der Waals surface area contributed by atoms with Gasteiger partial charge in [-0.15, -0.1) is 0 Å². The Balaban J connectivity index is 1.97. The summed E-state index contributed by atoms with van der Waals surface area (Å²) >= 11 is 0. The molecule has 33 heavy (non-hydrogen) atoms. The van der Waals surface area contributed by atoms with Crippen LogP contribution in [0.25, 0.3) is 0 Å². The van der Waals surface area contributed by atoms with E-state index in [0.29, 0.717) is 17.9 Å². The highest BCUT2D eigenvalue weighted by Gasteiger charge is 2.63. The molecule has 0 unspecified atom stereocenters. The molecule has 0 aromatic heterocycles. The van der Waals surface area contributed by atoms with Gasteiger partial charge in [-0.05, 0) is 44.5 Å².